The largest absolute Gasteiger partial charge is 0.494 e. The summed E-state index contributed by atoms with van der Waals surface area (Å²) >= 11 is 0. The van der Waals surface area contributed by atoms with Crippen LogP contribution < -0.4 is 28.4 Å². The zero-order valence-corrected chi connectivity index (χ0v) is 45.9. The van der Waals surface area contributed by atoms with Gasteiger partial charge >= 0.3 is 11.9 Å². The first kappa shape index (κ1) is 55.1. The van der Waals surface area contributed by atoms with E-state index in [1.807, 2.05) is 30.3 Å². The average Bonchev–Trinajstić information content (AvgIpc) is 3.66. The van der Waals surface area contributed by atoms with Gasteiger partial charge in [0.05, 0.1) is 67.6 Å². The fourth-order valence-corrected chi connectivity index (χ4v) is 11.8. The van der Waals surface area contributed by atoms with Gasteiger partial charge in [-0.05, 0) is 234 Å². The number of hydrogen-bond donors (Lipinski definition) is 0. The molecule has 0 saturated heterocycles. The van der Waals surface area contributed by atoms with Crippen molar-refractivity contribution in [3.05, 3.63) is 121 Å². The summed E-state index contributed by atoms with van der Waals surface area (Å²) in [7, 11) is 0. The van der Waals surface area contributed by atoms with Crippen LogP contribution in [0, 0.1) is 29.6 Å². The van der Waals surface area contributed by atoms with E-state index in [0.717, 1.165) is 188 Å². The third-order valence-electron chi connectivity index (χ3n) is 16.6. The lowest BCUT2D eigenvalue weighted by Gasteiger charge is -2.29. The van der Waals surface area contributed by atoms with Gasteiger partial charge in [-0.15, -0.1) is 0 Å². The number of carbonyl (C=O) groups excluding carboxylic acids is 3. The monoisotopic (exact) mass is 1070 g/mol. The number of nitrogens with zero attached hydrogens (tertiary/aromatic N) is 2. The Morgan fingerprint density at radius 1 is 0.506 bits per heavy atom. The molecule has 1 heterocycles. The SMILES string of the molecule is C=CC(=O)OCCCCCCOc1ccc(C2CCC(COc3ccc4c5ccc(OCC6CCC(C=O)CC6)cc5c5nc6cc(OCC7CCC(C(=O)Oc8ccc(OCCC)cc8)CC7)ccc6nc5c4c3)CC2)cc1. The molecule has 3 fully saturated rings. The molecule has 79 heavy (non-hydrogen) atoms. The topological polar surface area (TPSA) is 142 Å². The molecule has 0 N–H and O–H groups in total. The fourth-order valence-electron chi connectivity index (χ4n) is 11.8. The molecule has 10 rings (SSSR count). The highest BCUT2D eigenvalue weighted by molar-refractivity contribution is 6.24. The van der Waals surface area contributed by atoms with E-state index >= 15 is 0 Å². The number of hydrogen-bond acceptors (Lipinski definition) is 12. The molecule has 0 aliphatic heterocycles. The van der Waals surface area contributed by atoms with Crippen molar-refractivity contribution in [2.24, 2.45) is 29.6 Å². The Labute approximate surface area is 464 Å². The van der Waals surface area contributed by atoms with E-state index in [9.17, 15) is 14.4 Å². The molecule has 12 heteroatoms. The number of benzene rings is 6. The van der Waals surface area contributed by atoms with E-state index in [-0.39, 0.29) is 23.8 Å². The van der Waals surface area contributed by atoms with Gasteiger partial charge in [-0.1, -0.05) is 25.6 Å². The predicted molar refractivity (Wildman–Crippen MR) is 310 cm³/mol. The van der Waals surface area contributed by atoms with Crippen molar-refractivity contribution in [2.75, 3.05) is 39.6 Å². The minimum absolute atomic E-state index is 0.133. The molecule has 0 radical (unpaired) electrons. The van der Waals surface area contributed by atoms with Gasteiger partial charge < -0.3 is 38.0 Å². The van der Waals surface area contributed by atoms with Crippen LogP contribution in [-0.2, 0) is 19.1 Å². The summed E-state index contributed by atoms with van der Waals surface area (Å²) in [6, 6.07) is 34.6. The number of aromatic nitrogens is 2. The third kappa shape index (κ3) is 14.5. The van der Waals surface area contributed by atoms with E-state index in [1.165, 1.54) is 11.6 Å². The number of aldehydes is 1. The summed E-state index contributed by atoms with van der Waals surface area (Å²) in [6.45, 7) is 9.08. The maximum Gasteiger partial charge on any atom is 0.330 e. The number of unbranched alkanes of at least 4 members (excludes halogenated alkanes) is 3. The van der Waals surface area contributed by atoms with Crippen LogP contribution in [0.5, 0.6) is 34.5 Å². The second-order valence-corrected chi connectivity index (χ2v) is 22.2. The Kier molecular flexibility index (Phi) is 18.9. The summed E-state index contributed by atoms with van der Waals surface area (Å²) in [6.07, 6.45) is 18.7. The predicted octanol–water partition coefficient (Wildman–Crippen LogP) is 15.1. The van der Waals surface area contributed by atoms with Gasteiger partial charge in [0.1, 0.15) is 40.8 Å². The Hall–Kier alpha value is -7.21. The molecular formula is C67H76N2O10. The highest BCUT2D eigenvalue weighted by Crippen LogP contribution is 2.41. The van der Waals surface area contributed by atoms with Gasteiger partial charge in [0.25, 0.3) is 0 Å². The fraction of sp³-hybridized carbons (Fsp3) is 0.448. The van der Waals surface area contributed by atoms with Crippen LogP contribution >= 0.6 is 0 Å². The molecule has 12 nitrogen and oxygen atoms in total. The summed E-state index contributed by atoms with van der Waals surface area (Å²) in [4.78, 5) is 46.4. The van der Waals surface area contributed by atoms with Crippen molar-refractivity contribution in [2.45, 2.75) is 122 Å². The van der Waals surface area contributed by atoms with Crippen LogP contribution in [0.2, 0.25) is 0 Å². The van der Waals surface area contributed by atoms with E-state index in [1.54, 1.807) is 12.1 Å². The van der Waals surface area contributed by atoms with Crippen LogP contribution in [-0.4, -0.2) is 67.8 Å². The highest BCUT2D eigenvalue weighted by atomic mass is 16.5. The first-order chi connectivity index (χ1) is 38.8. The molecule has 7 aromatic rings. The van der Waals surface area contributed by atoms with Gasteiger partial charge in [0.2, 0.25) is 0 Å². The molecule has 3 aliphatic carbocycles. The summed E-state index contributed by atoms with van der Waals surface area (Å²) in [5.41, 5.74) is 4.50. The molecule has 0 bridgehead atoms. The lowest BCUT2D eigenvalue weighted by molar-refractivity contribution is -0.140. The highest BCUT2D eigenvalue weighted by Gasteiger charge is 2.29. The first-order valence-electron chi connectivity index (χ1n) is 29.2. The minimum Gasteiger partial charge on any atom is -0.494 e. The van der Waals surface area contributed by atoms with Crippen LogP contribution in [0.15, 0.2) is 116 Å². The normalized spacial score (nSPS) is 20.4. The lowest BCUT2D eigenvalue weighted by atomic mass is 9.79. The molecule has 0 atom stereocenters. The van der Waals surface area contributed by atoms with Crippen LogP contribution in [0.4, 0.5) is 0 Å². The molecule has 0 spiro atoms. The van der Waals surface area contributed by atoms with Gasteiger partial charge in [-0.25, -0.2) is 14.8 Å². The Morgan fingerprint density at radius 2 is 1.00 bits per heavy atom. The van der Waals surface area contributed by atoms with Crippen molar-refractivity contribution in [3.8, 4) is 34.5 Å². The number of fused-ring (bicyclic) bond motifs is 7. The van der Waals surface area contributed by atoms with E-state index in [0.29, 0.717) is 69.1 Å². The Bertz CT molecular complexity index is 3170. The van der Waals surface area contributed by atoms with Crippen LogP contribution in [0.25, 0.3) is 43.6 Å². The molecule has 3 aliphatic rings. The van der Waals surface area contributed by atoms with E-state index < -0.39 is 0 Å². The quantitative estimate of drug-likeness (QED) is 0.0102. The molecule has 0 unspecified atom stereocenters. The first-order valence-corrected chi connectivity index (χ1v) is 29.2. The van der Waals surface area contributed by atoms with Crippen molar-refractivity contribution < 1.29 is 47.5 Å². The molecule has 6 aromatic carbocycles. The Balaban J connectivity index is 0.779. The number of rotatable bonds is 25. The molecule has 414 valence electrons. The maximum atomic E-state index is 13.1. The number of carbonyl (C=O) groups is 3. The van der Waals surface area contributed by atoms with Crippen LogP contribution in [0.3, 0.4) is 0 Å². The van der Waals surface area contributed by atoms with Crippen molar-refractivity contribution in [1.29, 1.82) is 0 Å². The van der Waals surface area contributed by atoms with Gasteiger partial charge in [-0.2, -0.15) is 0 Å². The number of ether oxygens (including phenoxy) is 7. The van der Waals surface area contributed by atoms with Crippen molar-refractivity contribution in [1.82, 2.24) is 9.97 Å². The zero-order chi connectivity index (χ0) is 54.3. The summed E-state index contributed by atoms with van der Waals surface area (Å²) in [5.74, 6) is 5.80. The van der Waals surface area contributed by atoms with Gasteiger partial charge in [0, 0.05) is 28.8 Å². The van der Waals surface area contributed by atoms with Crippen molar-refractivity contribution in [3.63, 3.8) is 0 Å². The van der Waals surface area contributed by atoms with E-state index in [2.05, 4.69) is 74.2 Å². The summed E-state index contributed by atoms with van der Waals surface area (Å²) in [5, 5.41) is 4.11. The molecule has 1 aromatic heterocycles. The maximum absolute atomic E-state index is 13.1. The van der Waals surface area contributed by atoms with Gasteiger partial charge in [-0.3, -0.25) is 4.79 Å². The smallest absolute Gasteiger partial charge is 0.330 e. The third-order valence-corrected chi connectivity index (χ3v) is 16.6. The second-order valence-electron chi connectivity index (χ2n) is 22.2. The molecule has 0 amide bonds. The van der Waals surface area contributed by atoms with E-state index in [4.69, 9.17) is 43.1 Å². The zero-order valence-electron chi connectivity index (χ0n) is 45.9. The lowest BCUT2D eigenvalue weighted by Crippen LogP contribution is -2.27. The van der Waals surface area contributed by atoms with Crippen LogP contribution in [0.1, 0.15) is 128 Å². The average molecular weight is 1070 g/mol. The standard InChI is InChI=1S/C67H76N2O10/c1-3-35-73-53-25-27-54(28-26-53)79-67(72)51-19-15-48(16-20-51)44-78-57-31-34-62-63(40-57)69-66-61-39-56(76-42-46-11-9-45(41-70)10-12-46)30-33-59(61)58-32-29-55(38-60(58)65(66)68-62)77-43-47-13-17-49(18-14-47)50-21-23-52(24-22-50)74-36-7-5-6-8-37-75-64(71)4-2/h4,21-34,38-41,45-49,51H,2-3,5-20,35-37,42-44H2,1H3. The minimum atomic E-state index is -0.365. The Morgan fingerprint density at radius 3 is 1.58 bits per heavy atom. The van der Waals surface area contributed by atoms with Gasteiger partial charge in [0.15, 0.2) is 0 Å². The summed E-state index contributed by atoms with van der Waals surface area (Å²) < 4.78 is 42.1. The second kappa shape index (κ2) is 27.1. The molecule has 3 saturated carbocycles. The van der Waals surface area contributed by atoms with Crippen molar-refractivity contribution >= 4 is 61.8 Å². The number of esters is 2. The molecular weight excluding hydrogens is 993 g/mol.